The van der Waals surface area contributed by atoms with Crippen molar-refractivity contribution in [3.8, 4) is 16.9 Å². The molecule has 1 radical (unpaired) electrons. The van der Waals surface area contributed by atoms with Crippen molar-refractivity contribution >= 4 is 5.69 Å². The molecule has 18 heavy (non-hydrogen) atoms. The van der Waals surface area contributed by atoms with E-state index in [2.05, 4.69) is 37.4 Å². The molecule has 0 fully saturated rings. The van der Waals surface area contributed by atoms with Gasteiger partial charge in [0.15, 0.2) is 0 Å². The molecule has 0 saturated heterocycles. The van der Waals surface area contributed by atoms with Gasteiger partial charge in [0.05, 0.1) is 12.8 Å². The monoisotopic (exact) mass is 240 g/mol. The summed E-state index contributed by atoms with van der Waals surface area (Å²) in [6.45, 7) is 4.24. The third kappa shape index (κ3) is 2.83. The highest BCUT2D eigenvalue weighted by molar-refractivity contribution is 5.78. The lowest BCUT2D eigenvalue weighted by Crippen LogP contribution is -2.10. The van der Waals surface area contributed by atoms with Gasteiger partial charge in [0.2, 0.25) is 0 Å². The van der Waals surface area contributed by atoms with Crippen LogP contribution in [0.15, 0.2) is 42.5 Å². The number of nitrogens with one attached hydrogen (secondary N) is 1. The molecule has 0 aliphatic heterocycles. The molecule has 1 N–H and O–H groups in total. The largest absolute Gasteiger partial charge is 0.497 e. The van der Waals surface area contributed by atoms with Gasteiger partial charge in [0.25, 0.3) is 0 Å². The van der Waals surface area contributed by atoms with Gasteiger partial charge in [-0.15, -0.1) is 0 Å². The number of hydrogen-bond acceptors (Lipinski definition) is 2. The Morgan fingerprint density at radius 1 is 1.17 bits per heavy atom. The van der Waals surface area contributed by atoms with Crippen molar-refractivity contribution in [1.29, 1.82) is 0 Å². The summed E-state index contributed by atoms with van der Waals surface area (Å²) in [5, 5.41) is 3.41. The molecule has 93 valence electrons. The summed E-state index contributed by atoms with van der Waals surface area (Å²) in [6, 6.07) is 17.7. The van der Waals surface area contributed by atoms with Crippen molar-refractivity contribution in [3.63, 3.8) is 0 Å². The fourth-order valence-electron chi connectivity index (χ4n) is 1.88. The molecule has 2 aromatic rings. The average molecular weight is 240 g/mol. The molecule has 2 rings (SSSR count). The average Bonchev–Trinajstić information content (AvgIpc) is 2.39. The highest BCUT2D eigenvalue weighted by Gasteiger charge is 2.06. The summed E-state index contributed by atoms with van der Waals surface area (Å²) in [5.41, 5.74) is 3.31. The number of benzene rings is 2. The lowest BCUT2D eigenvalue weighted by Gasteiger charge is -2.14. The summed E-state index contributed by atoms with van der Waals surface area (Å²) in [4.78, 5) is 0. The second kappa shape index (κ2) is 5.58. The molecule has 0 spiro atoms. The van der Waals surface area contributed by atoms with Crippen LogP contribution in [0, 0.1) is 6.07 Å². The molecule has 0 amide bonds. The smallest absolute Gasteiger partial charge is 0.119 e. The van der Waals surface area contributed by atoms with Gasteiger partial charge in [-0.2, -0.15) is 0 Å². The first kappa shape index (κ1) is 12.5. The molecule has 0 aliphatic carbocycles. The zero-order valence-electron chi connectivity index (χ0n) is 11.0. The van der Waals surface area contributed by atoms with E-state index < -0.39 is 0 Å². The van der Waals surface area contributed by atoms with Crippen LogP contribution in [0.2, 0.25) is 0 Å². The van der Waals surface area contributed by atoms with Gasteiger partial charge >= 0.3 is 0 Å². The maximum Gasteiger partial charge on any atom is 0.119 e. The first-order chi connectivity index (χ1) is 8.70. The van der Waals surface area contributed by atoms with E-state index in [1.54, 1.807) is 7.11 Å². The first-order valence-electron chi connectivity index (χ1n) is 6.12. The predicted molar refractivity (Wildman–Crippen MR) is 76.0 cm³/mol. The van der Waals surface area contributed by atoms with Crippen LogP contribution in [0.25, 0.3) is 11.1 Å². The maximum atomic E-state index is 5.27. The highest BCUT2D eigenvalue weighted by atomic mass is 16.5. The van der Waals surface area contributed by atoms with Gasteiger partial charge in [-0.25, -0.2) is 0 Å². The van der Waals surface area contributed by atoms with Crippen molar-refractivity contribution in [2.45, 2.75) is 19.9 Å². The van der Waals surface area contributed by atoms with Crippen LogP contribution in [0.4, 0.5) is 5.69 Å². The molecule has 0 atom stereocenters. The van der Waals surface area contributed by atoms with Gasteiger partial charge in [0.1, 0.15) is 5.75 Å². The molecule has 0 aromatic heterocycles. The molecule has 2 aromatic carbocycles. The Kier molecular flexibility index (Phi) is 3.88. The second-order valence-corrected chi connectivity index (χ2v) is 4.49. The van der Waals surface area contributed by atoms with Crippen LogP contribution in [-0.4, -0.2) is 13.2 Å². The Bertz CT molecular complexity index is 520. The van der Waals surface area contributed by atoms with Crippen molar-refractivity contribution in [3.05, 3.63) is 48.5 Å². The molecule has 0 bridgehead atoms. The summed E-state index contributed by atoms with van der Waals surface area (Å²) in [5.74, 6) is 0.867. The lowest BCUT2D eigenvalue weighted by atomic mass is 10.0. The third-order valence-corrected chi connectivity index (χ3v) is 2.67. The van der Waals surface area contributed by atoms with E-state index in [1.807, 2.05) is 30.3 Å². The number of anilines is 1. The quantitative estimate of drug-likeness (QED) is 0.872. The number of para-hydroxylation sites is 1. The highest BCUT2D eigenvalue weighted by Crippen LogP contribution is 2.30. The fraction of sp³-hybridized carbons (Fsp3) is 0.250. The standard InChI is InChI=1S/C16H18NO/c1-12(2)17-16-10-5-4-9-15(16)13-7-6-8-14(11-13)18-3/h4-9,11-12,17H,1-3H3. The number of ether oxygens (including phenoxy) is 1. The Balaban J connectivity index is 2.42. The van der Waals surface area contributed by atoms with E-state index in [0.29, 0.717) is 6.04 Å². The number of rotatable bonds is 4. The van der Waals surface area contributed by atoms with Crippen LogP contribution in [0.3, 0.4) is 0 Å². The summed E-state index contributed by atoms with van der Waals surface area (Å²) >= 11 is 0. The van der Waals surface area contributed by atoms with E-state index in [9.17, 15) is 0 Å². The minimum atomic E-state index is 0.382. The van der Waals surface area contributed by atoms with Crippen LogP contribution >= 0.6 is 0 Å². The van der Waals surface area contributed by atoms with Crippen LogP contribution in [0.1, 0.15) is 13.8 Å². The Hall–Kier alpha value is -1.96. The molecular formula is C16H18NO. The van der Waals surface area contributed by atoms with Gasteiger partial charge in [-0.05, 0) is 31.5 Å². The number of hydrogen-bond donors (Lipinski definition) is 1. The van der Waals surface area contributed by atoms with Gasteiger partial charge in [0, 0.05) is 17.7 Å². The lowest BCUT2D eigenvalue weighted by molar-refractivity contribution is 0.415. The molecule has 2 nitrogen and oxygen atoms in total. The van der Waals surface area contributed by atoms with E-state index in [4.69, 9.17) is 4.74 Å². The first-order valence-corrected chi connectivity index (χ1v) is 6.12. The SMILES string of the molecule is COc1cccc(-c2ccc[c]c2NC(C)C)c1. The normalized spacial score (nSPS) is 10.4. The molecule has 0 saturated carbocycles. The van der Waals surface area contributed by atoms with Crippen molar-refractivity contribution in [2.24, 2.45) is 0 Å². The van der Waals surface area contributed by atoms with Gasteiger partial charge < -0.3 is 10.1 Å². The minimum Gasteiger partial charge on any atom is -0.497 e. The Morgan fingerprint density at radius 2 is 2.00 bits per heavy atom. The predicted octanol–water partition coefficient (Wildman–Crippen LogP) is 3.98. The minimum absolute atomic E-state index is 0.382. The van der Waals surface area contributed by atoms with E-state index >= 15 is 0 Å². The summed E-state index contributed by atoms with van der Waals surface area (Å²) in [7, 11) is 1.68. The van der Waals surface area contributed by atoms with E-state index in [1.165, 1.54) is 0 Å². The fourth-order valence-corrected chi connectivity index (χ4v) is 1.88. The van der Waals surface area contributed by atoms with Crippen LogP contribution < -0.4 is 10.1 Å². The van der Waals surface area contributed by atoms with Crippen molar-refractivity contribution in [2.75, 3.05) is 12.4 Å². The van der Waals surface area contributed by atoms with Gasteiger partial charge in [-0.3, -0.25) is 0 Å². The number of methoxy groups -OCH3 is 1. The van der Waals surface area contributed by atoms with E-state index in [-0.39, 0.29) is 0 Å². The van der Waals surface area contributed by atoms with Crippen molar-refractivity contribution < 1.29 is 4.74 Å². The molecular weight excluding hydrogens is 222 g/mol. The third-order valence-electron chi connectivity index (χ3n) is 2.67. The molecule has 2 heteroatoms. The van der Waals surface area contributed by atoms with Crippen LogP contribution in [-0.2, 0) is 0 Å². The topological polar surface area (TPSA) is 21.3 Å². The molecule has 0 aliphatic rings. The zero-order chi connectivity index (χ0) is 13.0. The summed E-state index contributed by atoms with van der Waals surface area (Å²) < 4.78 is 5.27. The second-order valence-electron chi connectivity index (χ2n) is 4.49. The summed E-state index contributed by atoms with van der Waals surface area (Å²) in [6.07, 6.45) is 0. The molecule has 0 heterocycles. The maximum absolute atomic E-state index is 5.27. The zero-order valence-corrected chi connectivity index (χ0v) is 11.0. The van der Waals surface area contributed by atoms with Crippen LogP contribution in [0.5, 0.6) is 5.75 Å². The molecule has 0 unspecified atom stereocenters. The Morgan fingerprint density at radius 3 is 2.72 bits per heavy atom. The van der Waals surface area contributed by atoms with Gasteiger partial charge in [-0.1, -0.05) is 30.3 Å². The van der Waals surface area contributed by atoms with Crippen molar-refractivity contribution in [1.82, 2.24) is 0 Å². The Labute approximate surface area is 109 Å². The van der Waals surface area contributed by atoms with E-state index in [0.717, 1.165) is 22.6 Å².